The molecule has 0 saturated heterocycles. The Hall–Kier alpha value is -2.27. The van der Waals surface area contributed by atoms with Gasteiger partial charge in [-0.2, -0.15) is 5.10 Å². The predicted molar refractivity (Wildman–Crippen MR) is 104 cm³/mol. The molecule has 2 aromatic heterocycles. The molecule has 0 bridgehead atoms. The number of rotatable bonds is 4. The number of esters is 1. The van der Waals surface area contributed by atoms with Crippen LogP contribution < -0.4 is 0 Å². The van der Waals surface area contributed by atoms with Gasteiger partial charge >= 0.3 is 5.97 Å². The minimum absolute atomic E-state index is 0.0647. The normalized spacial score (nSPS) is 20.8. The first-order chi connectivity index (χ1) is 12.9. The van der Waals surface area contributed by atoms with Gasteiger partial charge < -0.3 is 9.15 Å². The van der Waals surface area contributed by atoms with Crippen LogP contribution in [0, 0.1) is 12.3 Å². The van der Waals surface area contributed by atoms with Crippen LogP contribution in [0.3, 0.4) is 0 Å². The molecule has 27 heavy (non-hydrogen) atoms. The van der Waals surface area contributed by atoms with Gasteiger partial charge in [-0.1, -0.05) is 30.7 Å². The van der Waals surface area contributed by atoms with Crippen LogP contribution in [-0.2, 0) is 24.1 Å². The summed E-state index contributed by atoms with van der Waals surface area (Å²) < 4.78 is 13.0. The molecule has 0 N–H and O–H groups in total. The van der Waals surface area contributed by atoms with Gasteiger partial charge in [0.2, 0.25) is 5.76 Å². The Morgan fingerprint density at radius 2 is 2.26 bits per heavy atom. The lowest BCUT2D eigenvalue weighted by Crippen LogP contribution is -2.23. The fraction of sp³-hybridized carbons (Fsp3) is 0.429. The highest BCUT2D eigenvalue weighted by Gasteiger charge is 2.31. The van der Waals surface area contributed by atoms with E-state index >= 15 is 0 Å². The van der Waals surface area contributed by atoms with Crippen LogP contribution in [0.5, 0.6) is 0 Å². The van der Waals surface area contributed by atoms with Crippen LogP contribution in [0.25, 0.3) is 11.3 Å². The fourth-order valence-corrected chi connectivity index (χ4v) is 4.38. The summed E-state index contributed by atoms with van der Waals surface area (Å²) in [7, 11) is 0. The van der Waals surface area contributed by atoms with Crippen molar-refractivity contribution >= 4 is 17.6 Å². The number of furan rings is 1. The van der Waals surface area contributed by atoms with Crippen molar-refractivity contribution in [2.24, 2.45) is 5.41 Å². The molecule has 4 rings (SSSR count). The molecule has 0 aromatic carbocycles. The number of aromatic nitrogens is 2. The maximum atomic E-state index is 12.2. The lowest BCUT2D eigenvalue weighted by molar-refractivity contribution is 0.0487. The number of ether oxygens (including phenoxy) is 1. The van der Waals surface area contributed by atoms with Gasteiger partial charge in [0, 0.05) is 34.2 Å². The van der Waals surface area contributed by atoms with Crippen molar-refractivity contribution in [3.8, 4) is 11.3 Å². The number of nitrogens with zero attached hydrogens (tertiary/aromatic N) is 2. The van der Waals surface area contributed by atoms with Crippen LogP contribution in [0.4, 0.5) is 0 Å². The Labute approximate surface area is 163 Å². The molecule has 1 atom stereocenters. The second-order valence-corrected chi connectivity index (χ2v) is 8.06. The van der Waals surface area contributed by atoms with E-state index in [0.29, 0.717) is 12.4 Å². The third kappa shape index (κ3) is 3.25. The summed E-state index contributed by atoms with van der Waals surface area (Å²) >= 11 is 6.24. The van der Waals surface area contributed by atoms with E-state index in [0.717, 1.165) is 53.4 Å². The molecule has 2 aromatic rings. The highest BCUT2D eigenvalue weighted by molar-refractivity contribution is 6.29. The highest BCUT2D eigenvalue weighted by Crippen LogP contribution is 2.40. The van der Waals surface area contributed by atoms with E-state index in [2.05, 4.69) is 19.2 Å². The van der Waals surface area contributed by atoms with Crippen molar-refractivity contribution < 1.29 is 13.9 Å². The SMILES string of the molecule is CCOC(=O)c1oc2c(c1C)-c1nn(CC3(C)C=CC=C(Cl)C3)cc1CC2. The van der Waals surface area contributed by atoms with Crippen molar-refractivity contribution in [2.75, 3.05) is 6.61 Å². The maximum Gasteiger partial charge on any atom is 0.374 e. The van der Waals surface area contributed by atoms with E-state index < -0.39 is 5.97 Å². The van der Waals surface area contributed by atoms with Crippen LogP contribution in [-0.4, -0.2) is 22.4 Å². The molecule has 0 radical (unpaired) electrons. The summed E-state index contributed by atoms with van der Waals surface area (Å²) in [6.45, 7) is 6.95. The van der Waals surface area contributed by atoms with E-state index in [9.17, 15) is 4.79 Å². The summed E-state index contributed by atoms with van der Waals surface area (Å²) in [5.41, 5.74) is 3.79. The topological polar surface area (TPSA) is 57.3 Å². The van der Waals surface area contributed by atoms with E-state index in [-0.39, 0.29) is 5.41 Å². The number of carbonyl (C=O) groups excluding carboxylic acids is 1. The molecule has 0 saturated carbocycles. The standard InChI is InChI=1S/C21H23ClN2O3/c1-4-26-20(25)19-13(2)17-16(27-19)8-7-14-11-24(23-18(14)17)12-21(3)9-5-6-15(22)10-21/h5-6,9,11H,4,7-8,10,12H2,1-3H3. The molecule has 5 nitrogen and oxygen atoms in total. The summed E-state index contributed by atoms with van der Waals surface area (Å²) in [6, 6.07) is 0. The average molecular weight is 387 g/mol. The van der Waals surface area contributed by atoms with Crippen LogP contribution in [0.1, 0.15) is 47.7 Å². The number of halogens is 1. The second-order valence-electron chi connectivity index (χ2n) is 7.58. The van der Waals surface area contributed by atoms with Gasteiger partial charge in [0.25, 0.3) is 0 Å². The van der Waals surface area contributed by atoms with Gasteiger partial charge in [-0.05, 0) is 38.3 Å². The molecule has 0 amide bonds. The average Bonchev–Trinajstić information content (AvgIpc) is 3.14. The summed E-state index contributed by atoms with van der Waals surface area (Å²) in [4.78, 5) is 12.2. The van der Waals surface area contributed by atoms with Gasteiger partial charge in [-0.3, -0.25) is 4.68 Å². The zero-order valence-electron chi connectivity index (χ0n) is 15.8. The quantitative estimate of drug-likeness (QED) is 0.707. The third-order valence-electron chi connectivity index (χ3n) is 5.25. The van der Waals surface area contributed by atoms with Gasteiger partial charge in [-0.15, -0.1) is 0 Å². The summed E-state index contributed by atoms with van der Waals surface area (Å²) in [6.07, 6.45) is 10.7. The van der Waals surface area contributed by atoms with Crippen LogP contribution in [0.15, 0.2) is 33.9 Å². The zero-order chi connectivity index (χ0) is 19.2. The molecule has 2 aliphatic rings. The maximum absolute atomic E-state index is 12.2. The Kier molecular flexibility index (Phi) is 4.50. The highest BCUT2D eigenvalue weighted by atomic mass is 35.5. The van der Waals surface area contributed by atoms with Crippen molar-refractivity contribution in [3.05, 3.63) is 52.1 Å². The van der Waals surface area contributed by atoms with Gasteiger partial charge in [-0.25, -0.2) is 4.79 Å². The third-order valence-corrected chi connectivity index (χ3v) is 5.51. The van der Waals surface area contributed by atoms with E-state index in [1.54, 1.807) is 6.92 Å². The Bertz CT molecular complexity index is 966. The molecule has 2 aliphatic carbocycles. The van der Waals surface area contributed by atoms with Crippen molar-refractivity contribution in [2.45, 2.75) is 46.6 Å². The lowest BCUT2D eigenvalue weighted by Gasteiger charge is -2.27. The number of aryl methyl sites for hydroxylation is 2. The Balaban J connectivity index is 1.66. The number of carbonyl (C=O) groups is 1. The molecule has 142 valence electrons. The number of fused-ring (bicyclic) bond motifs is 3. The second kappa shape index (κ2) is 6.71. The summed E-state index contributed by atoms with van der Waals surface area (Å²) in [5, 5.41) is 5.71. The molecule has 0 fully saturated rings. The zero-order valence-corrected chi connectivity index (χ0v) is 16.6. The van der Waals surface area contributed by atoms with Gasteiger partial charge in [0.15, 0.2) is 0 Å². The number of hydrogen-bond acceptors (Lipinski definition) is 4. The first kappa shape index (κ1) is 18.1. The van der Waals surface area contributed by atoms with E-state index in [1.165, 1.54) is 5.56 Å². The minimum Gasteiger partial charge on any atom is -0.460 e. The number of allylic oxidation sites excluding steroid dienone is 4. The lowest BCUT2D eigenvalue weighted by atomic mass is 9.83. The van der Waals surface area contributed by atoms with Gasteiger partial charge in [0.05, 0.1) is 18.8 Å². The van der Waals surface area contributed by atoms with Gasteiger partial charge in [0.1, 0.15) is 5.76 Å². The molecule has 6 heteroatoms. The Morgan fingerprint density at radius 3 is 3.00 bits per heavy atom. The van der Waals surface area contributed by atoms with Crippen molar-refractivity contribution in [1.82, 2.24) is 9.78 Å². The molecule has 0 aliphatic heterocycles. The molecule has 1 unspecified atom stereocenters. The predicted octanol–water partition coefficient (Wildman–Crippen LogP) is 4.82. The summed E-state index contributed by atoms with van der Waals surface area (Å²) in [5.74, 6) is 0.707. The molecule has 2 heterocycles. The van der Waals surface area contributed by atoms with Crippen molar-refractivity contribution in [3.63, 3.8) is 0 Å². The fourth-order valence-electron chi connectivity index (χ4n) is 4.00. The molecular weight excluding hydrogens is 364 g/mol. The smallest absolute Gasteiger partial charge is 0.374 e. The van der Waals surface area contributed by atoms with Crippen molar-refractivity contribution in [1.29, 1.82) is 0 Å². The monoisotopic (exact) mass is 386 g/mol. The first-order valence-electron chi connectivity index (χ1n) is 9.30. The molecular formula is C21H23ClN2O3. The van der Waals surface area contributed by atoms with Crippen LogP contribution >= 0.6 is 11.6 Å². The Morgan fingerprint density at radius 1 is 1.44 bits per heavy atom. The molecule has 0 spiro atoms. The minimum atomic E-state index is -0.410. The van der Waals surface area contributed by atoms with E-state index in [1.807, 2.05) is 23.8 Å². The largest absolute Gasteiger partial charge is 0.460 e. The first-order valence-corrected chi connectivity index (χ1v) is 9.68. The number of hydrogen-bond donors (Lipinski definition) is 0. The van der Waals surface area contributed by atoms with Crippen LogP contribution in [0.2, 0.25) is 0 Å². The van der Waals surface area contributed by atoms with E-state index in [4.69, 9.17) is 25.9 Å².